The van der Waals surface area contributed by atoms with Gasteiger partial charge >= 0.3 is 0 Å². The molecule has 2 heteroatoms. The van der Waals surface area contributed by atoms with Crippen LogP contribution in [0.1, 0.15) is 13.8 Å². The van der Waals surface area contributed by atoms with E-state index in [9.17, 15) is 0 Å². The number of benzene rings is 1. The van der Waals surface area contributed by atoms with E-state index in [-0.39, 0.29) is 0 Å². The second-order valence-corrected chi connectivity index (χ2v) is 4.21. The molecule has 1 heterocycles. The lowest BCUT2D eigenvalue weighted by atomic mass is 10.2. The third-order valence-electron chi connectivity index (χ3n) is 2.24. The van der Waals surface area contributed by atoms with Crippen LogP contribution in [0.4, 0.5) is 0 Å². The zero-order valence-electron chi connectivity index (χ0n) is 9.64. The molecule has 0 unspecified atom stereocenters. The molecule has 0 bridgehead atoms. The third kappa shape index (κ3) is 2.66. The van der Waals surface area contributed by atoms with Crippen molar-refractivity contribution in [1.29, 1.82) is 0 Å². The minimum atomic E-state index is 0.546. The molecule has 0 aliphatic carbocycles. The van der Waals surface area contributed by atoms with Crippen molar-refractivity contribution in [3.05, 3.63) is 42.7 Å². The van der Waals surface area contributed by atoms with Gasteiger partial charge in [-0.3, -0.25) is 0 Å². The summed E-state index contributed by atoms with van der Waals surface area (Å²) in [6, 6.07) is 11.8. The monoisotopic (exact) mass is 216 g/mol. The minimum Gasteiger partial charge on any atom is -0.493 e. The van der Waals surface area contributed by atoms with Gasteiger partial charge in [0, 0.05) is 5.56 Å². The van der Waals surface area contributed by atoms with Crippen LogP contribution < -0.4 is 4.74 Å². The fraction of sp³-hybridized carbons (Fsp3) is 0.286. The molecule has 0 radical (unpaired) electrons. The summed E-state index contributed by atoms with van der Waals surface area (Å²) in [5.41, 5.74) is 1.07. The van der Waals surface area contributed by atoms with Crippen molar-refractivity contribution >= 4 is 0 Å². The fourth-order valence-electron chi connectivity index (χ4n) is 1.42. The Morgan fingerprint density at radius 3 is 2.44 bits per heavy atom. The van der Waals surface area contributed by atoms with Gasteiger partial charge in [-0.1, -0.05) is 13.8 Å². The highest BCUT2D eigenvalue weighted by Gasteiger charge is 2.01. The highest BCUT2D eigenvalue weighted by atomic mass is 16.5. The standard InChI is InChI=1S/C14H16O2/c1-11(2)10-16-13-7-5-12(6-8-13)14-4-3-9-15-14/h3-9,11H,10H2,1-2H3. The smallest absolute Gasteiger partial charge is 0.133 e. The molecule has 0 amide bonds. The first kappa shape index (κ1) is 10.8. The zero-order chi connectivity index (χ0) is 11.4. The Labute approximate surface area is 95.9 Å². The fourth-order valence-corrected chi connectivity index (χ4v) is 1.42. The maximum Gasteiger partial charge on any atom is 0.133 e. The first-order chi connectivity index (χ1) is 7.75. The van der Waals surface area contributed by atoms with E-state index in [1.165, 1.54) is 0 Å². The molecule has 0 N–H and O–H groups in total. The van der Waals surface area contributed by atoms with Crippen molar-refractivity contribution in [1.82, 2.24) is 0 Å². The van der Waals surface area contributed by atoms with Crippen LogP contribution in [0.3, 0.4) is 0 Å². The van der Waals surface area contributed by atoms with E-state index in [1.54, 1.807) is 6.26 Å². The lowest BCUT2D eigenvalue weighted by Gasteiger charge is -2.08. The van der Waals surface area contributed by atoms with E-state index in [1.807, 2.05) is 36.4 Å². The lowest BCUT2D eigenvalue weighted by molar-refractivity contribution is 0.271. The first-order valence-corrected chi connectivity index (χ1v) is 5.52. The van der Waals surface area contributed by atoms with Crippen molar-refractivity contribution in [3.63, 3.8) is 0 Å². The SMILES string of the molecule is CC(C)COc1ccc(-c2ccco2)cc1. The summed E-state index contributed by atoms with van der Waals surface area (Å²) in [7, 11) is 0. The van der Waals surface area contributed by atoms with E-state index in [0.717, 1.165) is 23.7 Å². The number of hydrogen-bond donors (Lipinski definition) is 0. The van der Waals surface area contributed by atoms with Gasteiger partial charge in [0.1, 0.15) is 11.5 Å². The topological polar surface area (TPSA) is 22.4 Å². The number of furan rings is 1. The summed E-state index contributed by atoms with van der Waals surface area (Å²) < 4.78 is 10.9. The molecule has 2 rings (SSSR count). The molecule has 16 heavy (non-hydrogen) atoms. The Balaban J connectivity index is 2.05. The molecule has 0 aliphatic rings. The molecule has 2 nitrogen and oxygen atoms in total. The average molecular weight is 216 g/mol. The summed E-state index contributed by atoms with van der Waals surface area (Å²) >= 11 is 0. The Kier molecular flexibility index (Phi) is 3.30. The highest BCUT2D eigenvalue weighted by molar-refractivity contribution is 5.58. The van der Waals surface area contributed by atoms with Crippen molar-refractivity contribution in [2.45, 2.75) is 13.8 Å². The van der Waals surface area contributed by atoms with Gasteiger partial charge in [0.05, 0.1) is 12.9 Å². The number of hydrogen-bond acceptors (Lipinski definition) is 2. The molecule has 1 aromatic carbocycles. The third-order valence-corrected chi connectivity index (χ3v) is 2.24. The van der Waals surface area contributed by atoms with Crippen LogP contribution in [-0.2, 0) is 0 Å². The Bertz CT molecular complexity index is 413. The quantitative estimate of drug-likeness (QED) is 0.771. The summed E-state index contributed by atoms with van der Waals surface area (Å²) in [5, 5.41) is 0. The van der Waals surface area contributed by atoms with Gasteiger partial charge in [-0.25, -0.2) is 0 Å². The van der Waals surface area contributed by atoms with Crippen molar-refractivity contribution < 1.29 is 9.15 Å². The molecule has 2 aromatic rings. The summed E-state index contributed by atoms with van der Waals surface area (Å²) in [6.45, 7) is 5.02. The summed E-state index contributed by atoms with van der Waals surface area (Å²) in [4.78, 5) is 0. The molecule has 0 saturated heterocycles. The van der Waals surface area contributed by atoms with Crippen LogP contribution in [0.15, 0.2) is 47.1 Å². The van der Waals surface area contributed by atoms with Gasteiger partial charge in [-0.05, 0) is 42.3 Å². The molecule has 0 saturated carbocycles. The van der Waals surface area contributed by atoms with E-state index < -0.39 is 0 Å². The predicted octanol–water partition coefficient (Wildman–Crippen LogP) is 3.98. The second-order valence-electron chi connectivity index (χ2n) is 4.21. The Morgan fingerprint density at radius 1 is 1.12 bits per heavy atom. The molecule has 1 aromatic heterocycles. The van der Waals surface area contributed by atoms with Crippen LogP contribution in [0.2, 0.25) is 0 Å². The van der Waals surface area contributed by atoms with E-state index in [4.69, 9.17) is 9.15 Å². The number of rotatable bonds is 4. The van der Waals surface area contributed by atoms with Crippen LogP contribution in [0.25, 0.3) is 11.3 Å². The molecular weight excluding hydrogens is 200 g/mol. The van der Waals surface area contributed by atoms with E-state index in [2.05, 4.69) is 13.8 Å². The van der Waals surface area contributed by atoms with E-state index >= 15 is 0 Å². The maximum atomic E-state index is 5.61. The average Bonchev–Trinajstić information content (AvgIpc) is 2.80. The number of ether oxygens (including phenoxy) is 1. The Hall–Kier alpha value is -1.70. The predicted molar refractivity (Wildman–Crippen MR) is 64.5 cm³/mol. The van der Waals surface area contributed by atoms with Crippen LogP contribution in [-0.4, -0.2) is 6.61 Å². The van der Waals surface area contributed by atoms with Crippen molar-refractivity contribution in [2.24, 2.45) is 5.92 Å². The van der Waals surface area contributed by atoms with Crippen LogP contribution in [0.5, 0.6) is 5.75 Å². The summed E-state index contributed by atoms with van der Waals surface area (Å²) in [5.74, 6) is 2.34. The molecular formula is C14H16O2. The molecule has 0 atom stereocenters. The largest absolute Gasteiger partial charge is 0.493 e. The zero-order valence-corrected chi connectivity index (χ0v) is 9.64. The highest BCUT2D eigenvalue weighted by Crippen LogP contribution is 2.22. The van der Waals surface area contributed by atoms with Crippen molar-refractivity contribution in [2.75, 3.05) is 6.61 Å². The van der Waals surface area contributed by atoms with Crippen molar-refractivity contribution in [3.8, 4) is 17.1 Å². The van der Waals surface area contributed by atoms with Gasteiger partial charge in [0.2, 0.25) is 0 Å². The molecule has 84 valence electrons. The summed E-state index contributed by atoms with van der Waals surface area (Å²) in [6.07, 6.45) is 1.68. The maximum absolute atomic E-state index is 5.61. The van der Waals surface area contributed by atoms with Gasteiger partial charge < -0.3 is 9.15 Å². The van der Waals surface area contributed by atoms with Gasteiger partial charge in [0.25, 0.3) is 0 Å². The Morgan fingerprint density at radius 2 is 1.88 bits per heavy atom. The van der Waals surface area contributed by atoms with Gasteiger partial charge in [-0.15, -0.1) is 0 Å². The molecule has 0 aliphatic heterocycles. The van der Waals surface area contributed by atoms with Crippen LogP contribution in [0, 0.1) is 5.92 Å². The van der Waals surface area contributed by atoms with Crippen LogP contribution >= 0.6 is 0 Å². The first-order valence-electron chi connectivity index (χ1n) is 5.52. The normalized spacial score (nSPS) is 10.7. The minimum absolute atomic E-state index is 0.546. The van der Waals surface area contributed by atoms with E-state index in [0.29, 0.717) is 5.92 Å². The van der Waals surface area contributed by atoms with Gasteiger partial charge in [-0.2, -0.15) is 0 Å². The van der Waals surface area contributed by atoms with Gasteiger partial charge in [0.15, 0.2) is 0 Å². The molecule has 0 fully saturated rings. The molecule has 0 spiro atoms. The second kappa shape index (κ2) is 4.88. The lowest BCUT2D eigenvalue weighted by Crippen LogP contribution is -2.04.